The molecule has 0 aliphatic rings. The third-order valence-corrected chi connectivity index (χ3v) is 3.98. The van der Waals surface area contributed by atoms with Gasteiger partial charge in [-0.2, -0.15) is 0 Å². The van der Waals surface area contributed by atoms with Crippen LogP contribution in [-0.2, 0) is 4.79 Å². The number of rotatable bonds is 5. The molecule has 4 nitrogen and oxygen atoms in total. The second-order valence-electron chi connectivity index (χ2n) is 5.64. The van der Waals surface area contributed by atoms with E-state index in [9.17, 15) is 9.59 Å². The second-order valence-corrected chi connectivity index (χ2v) is 6.05. The van der Waals surface area contributed by atoms with E-state index in [1.165, 1.54) is 13.0 Å². The molecule has 0 unspecified atom stereocenters. The largest absolute Gasteiger partial charge is 0.457 e. The van der Waals surface area contributed by atoms with E-state index in [0.717, 1.165) is 5.56 Å². The van der Waals surface area contributed by atoms with Gasteiger partial charge < -0.3 is 9.73 Å². The molecule has 0 saturated carbocycles. The molecule has 130 valence electrons. The molecule has 0 spiro atoms. The third-order valence-electron chi connectivity index (χ3n) is 3.65. The fraction of sp³-hybridized carbons (Fsp3) is 0.0476. The molecule has 0 radical (unpaired) electrons. The van der Waals surface area contributed by atoms with Gasteiger partial charge in [0.2, 0.25) is 5.91 Å². The van der Waals surface area contributed by atoms with Gasteiger partial charge in [0.05, 0.1) is 5.02 Å². The number of carbonyl (C=O) groups is 2. The predicted molar refractivity (Wildman–Crippen MR) is 103 cm³/mol. The minimum Gasteiger partial charge on any atom is -0.457 e. The Morgan fingerprint density at radius 1 is 1.00 bits per heavy atom. The molecule has 0 aliphatic carbocycles. The maximum atomic E-state index is 12.2. The zero-order valence-electron chi connectivity index (χ0n) is 14.0. The van der Waals surface area contributed by atoms with Crippen LogP contribution in [0.15, 0.2) is 71.2 Å². The van der Waals surface area contributed by atoms with E-state index < -0.39 is 0 Å². The lowest BCUT2D eigenvalue weighted by Gasteiger charge is -2.02. The van der Waals surface area contributed by atoms with Crippen LogP contribution in [0.1, 0.15) is 23.0 Å². The average Bonchev–Trinajstić information content (AvgIpc) is 3.09. The maximum absolute atomic E-state index is 12.2. The molecule has 1 amide bonds. The quantitative estimate of drug-likeness (QED) is 0.482. The van der Waals surface area contributed by atoms with E-state index >= 15 is 0 Å². The van der Waals surface area contributed by atoms with Crippen molar-refractivity contribution in [2.45, 2.75) is 6.92 Å². The Labute approximate surface area is 156 Å². The van der Waals surface area contributed by atoms with Gasteiger partial charge in [0.25, 0.3) is 0 Å². The summed E-state index contributed by atoms with van der Waals surface area (Å²) in [5, 5.41) is 3.26. The Morgan fingerprint density at radius 2 is 1.73 bits per heavy atom. The second kappa shape index (κ2) is 7.85. The van der Waals surface area contributed by atoms with Crippen molar-refractivity contribution >= 4 is 35.1 Å². The van der Waals surface area contributed by atoms with Gasteiger partial charge in [-0.3, -0.25) is 9.59 Å². The van der Waals surface area contributed by atoms with Gasteiger partial charge in [0.1, 0.15) is 11.5 Å². The van der Waals surface area contributed by atoms with Crippen LogP contribution in [0.4, 0.5) is 5.69 Å². The first-order valence-corrected chi connectivity index (χ1v) is 8.35. The van der Waals surface area contributed by atoms with Crippen molar-refractivity contribution in [3.63, 3.8) is 0 Å². The Hall–Kier alpha value is -3.11. The summed E-state index contributed by atoms with van der Waals surface area (Å²) in [5.74, 6) is 0.886. The zero-order chi connectivity index (χ0) is 18.5. The summed E-state index contributed by atoms with van der Waals surface area (Å²) in [6, 6.07) is 17.7. The van der Waals surface area contributed by atoms with E-state index in [1.807, 2.05) is 24.3 Å². The van der Waals surface area contributed by atoms with E-state index in [-0.39, 0.29) is 11.7 Å². The Kier molecular flexibility index (Phi) is 5.34. The van der Waals surface area contributed by atoms with Crippen LogP contribution in [0.25, 0.3) is 17.4 Å². The summed E-state index contributed by atoms with van der Waals surface area (Å²) in [6.45, 7) is 1.43. The SMILES string of the molecule is CC(=O)Nc1ccc(C(=O)C=Cc2ccc(-c3ccccc3Cl)o2)cc1. The number of hydrogen-bond donors (Lipinski definition) is 1. The molecule has 5 heteroatoms. The molecule has 1 aromatic heterocycles. The summed E-state index contributed by atoms with van der Waals surface area (Å²) < 4.78 is 5.73. The number of halogens is 1. The van der Waals surface area contributed by atoms with Crippen molar-refractivity contribution < 1.29 is 14.0 Å². The summed E-state index contributed by atoms with van der Waals surface area (Å²) in [6.07, 6.45) is 3.06. The van der Waals surface area contributed by atoms with E-state index in [2.05, 4.69) is 5.32 Å². The van der Waals surface area contributed by atoms with Crippen molar-refractivity contribution in [2.75, 3.05) is 5.32 Å². The van der Waals surface area contributed by atoms with E-state index in [1.54, 1.807) is 42.5 Å². The first-order valence-electron chi connectivity index (χ1n) is 7.98. The molecular formula is C21H16ClNO3. The molecule has 26 heavy (non-hydrogen) atoms. The normalized spacial score (nSPS) is 10.8. The van der Waals surface area contributed by atoms with Crippen molar-refractivity contribution in [1.29, 1.82) is 0 Å². The smallest absolute Gasteiger partial charge is 0.221 e. The molecule has 3 aromatic rings. The first-order chi connectivity index (χ1) is 12.5. The molecular weight excluding hydrogens is 350 g/mol. The van der Waals surface area contributed by atoms with Crippen LogP contribution in [0.3, 0.4) is 0 Å². The lowest BCUT2D eigenvalue weighted by atomic mass is 10.1. The monoisotopic (exact) mass is 365 g/mol. The number of allylic oxidation sites excluding steroid dienone is 1. The minimum atomic E-state index is -0.157. The van der Waals surface area contributed by atoms with Gasteiger partial charge in [-0.25, -0.2) is 0 Å². The number of carbonyl (C=O) groups excluding carboxylic acids is 2. The van der Waals surface area contributed by atoms with Gasteiger partial charge in [-0.1, -0.05) is 23.7 Å². The predicted octanol–water partition coefficient (Wildman–Crippen LogP) is 5.45. The number of amides is 1. The molecule has 1 N–H and O–H groups in total. The van der Waals surface area contributed by atoms with Crippen molar-refractivity contribution in [2.24, 2.45) is 0 Å². The standard InChI is InChI=1S/C21H16ClNO3/c1-14(24)23-16-8-6-15(7-9-16)20(25)12-10-17-11-13-21(26-17)18-4-2-3-5-19(18)22/h2-13H,1H3,(H,23,24). The fourth-order valence-corrected chi connectivity index (χ4v) is 2.65. The van der Waals surface area contributed by atoms with Crippen LogP contribution in [0, 0.1) is 0 Å². The van der Waals surface area contributed by atoms with E-state index in [0.29, 0.717) is 27.8 Å². The molecule has 0 saturated heterocycles. The number of ketones is 1. The zero-order valence-corrected chi connectivity index (χ0v) is 14.8. The van der Waals surface area contributed by atoms with Crippen LogP contribution < -0.4 is 5.32 Å². The van der Waals surface area contributed by atoms with Crippen LogP contribution >= 0.6 is 11.6 Å². The molecule has 0 aliphatic heterocycles. The summed E-state index contributed by atoms with van der Waals surface area (Å²) >= 11 is 6.16. The van der Waals surface area contributed by atoms with Gasteiger partial charge in [0.15, 0.2) is 5.78 Å². The Morgan fingerprint density at radius 3 is 2.42 bits per heavy atom. The summed E-state index contributed by atoms with van der Waals surface area (Å²) in [5.41, 5.74) is 1.97. The van der Waals surface area contributed by atoms with Gasteiger partial charge in [0, 0.05) is 23.7 Å². The number of anilines is 1. The topological polar surface area (TPSA) is 59.3 Å². The molecule has 1 heterocycles. The lowest BCUT2D eigenvalue weighted by molar-refractivity contribution is -0.114. The number of benzene rings is 2. The highest BCUT2D eigenvalue weighted by atomic mass is 35.5. The first kappa shape index (κ1) is 17.7. The number of hydrogen-bond acceptors (Lipinski definition) is 3. The van der Waals surface area contributed by atoms with Gasteiger partial charge >= 0.3 is 0 Å². The van der Waals surface area contributed by atoms with Crippen LogP contribution in [0.5, 0.6) is 0 Å². The fourth-order valence-electron chi connectivity index (χ4n) is 2.42. The van der Waals surface area contributed by atoms with Crippen molar-refractivity contribution in [3.05, 3.63) is 83.1 Å². The van der Waals surface area contributed by atoms with Crippen molar-refractivity contribution in [1.82, 2.24) is 0 Å². The highest BCUT2D eigenvalue weighted by molar-refractivity contribution is 6.33. The number of nitrogens with one attached hydrogen (secondary N) is 1. The molecule has 0 bridgehead atoms. The van der Waals surface area contributed by atoms with E-state index in [4.69, 9.17) is 16.0 Å². The maximum Gasteiger partial charge on any atom is 0.221 e. The van der Waals surface area contributed by atoms with Gasteiger partial charge in [-0.15, -0.1) is 0 Å². The highest BCUT2D eigenvalue weighted by Crippen LogP contribution is 2.29. The number of furan rings is 1. The molecule has 0 atom stereocenters. The Balaban J connectivity index is 1.71. The summed E-state index contributed by atoms with van der Waals surface area (Å²) in [4.78, 5) is 23.3. The lowest BCUT2D eigenvalue weighted by Crippen LogP contribution is -2.05. The van der Waals surface area contributed by atoms with Crippen LogP contribution in [-0.4, -0.2) is 11.7 Å². The molecule has 3 rings (SSSR count). The molecule has 0 fully saturated rings. The highest BCUT2D eigenvalue weighted by Gasteiger charge is 2.07. The van der Waals surface area contributed by atoms with Crippen LogP contribution in [0.2, 0.25) is 5.02 Å². The summed E-state index contributed by atoms with van der Waals surface area (Å²) in [7, 11) is 0. The minimum absolute atomic E-state index is 0.156. The molecule has 2 aromatic carbocycles. The van der Waals surface area contributed by atoms with Crippen molar-refractivity contribution in [3.8, 4) is 11.3 Å². The van der Waals surface area contributed by atoms with Gasteiger partial charge in [-0.05, 0) is 60.7 Å². The average molecular weight is 366 g/mol. The Bertz CT molecular complexity index is 971. The third kappa shape index (κ3) is 4.29.